The fourth-order valence-electron chi connectivity index (χ4n) is 3.16. The van der Waals surface area contributed by atoms with Crippen LogP contribution in [0.4, 0.5) is 0 Å². The molecule has 3 rings (SSSR count). The van der Waals surface area contributed by atoms with Crippen molar-refractivity contribution in [2.24, 2.45) is 0 Å². The Morgan fingerprint density at radius 2 is 2.04 bits per heavy atom. The Bertz CT molecular complexity index is 588. The molecule has 130 valence electrons. The third-order valence-electron chi connectivity index (χ3n) is 4.59. The van der Waals surface area contributed by atoms with Crippen molar-refractivity contribution in [3.63, 3.8) is 0 Å². The highest BCUT2D eigenvalue weighted by atomic mass is 16.5. The van der Waals surface area contributed by atoms with Crippen LogP contribution < -0.4 is 0 Å². The molecule has 2 aliphatic rings. The number of rotatable bonds is 6. The highest BCUT2D eigenvalue weighted by Gasteiger charge is 2.47. The molecule has 0 N–H and O–H groups in total. The van der Waals surface area contributed by atoms with Crippen LogP contribution in [0.2, 0.25) is 0 Å². The van der Waals surface area contributed by atoms with Gasteiger partial charge in [-0.25, -0.2) is 0 Å². The summed E-state index contributed by atoms with van der Waals surface area (Å²) in [4.78, 5) is 28.8. The molecule has 2 atom stereocenters. The van der Waals surface area contributed by atoms with Gasteiger partial charge in [0, 0.05) is 26.7 Å². The highest BCUT2D eigenvalue weighted by molar-refractivity contribution is 5.86. The Morgan fingerprint density at radius 3 is 2.67 bits per heavy atom. The maximum absolute atomic E-state index is 12.9. The Balaban J connectivity index is 1.88. The average molecular weight is 332 g/mol. The summed E-state index contributed by atoms with van der Waals surface area (Å²) in [5.41, 5.74) is 0.941. The maximum Gasteiger partial charge on any atom is 0.254 e. The number of hydrogen-bond donors (Lipinski definition) is 0. The first-order valence-corrected chi connectivity index (χ1v) is 8.35. The molecule has 1 saturated carbocycles. The fraction of sp³-hybridized carbons (Fsp3) is 0.556. The van der Waals surface area contributed by atoms with Crippen molar-refractivity contribution in [2.75, 3.05) is 33.9 Å². The third kappa shape index (κ3) is 3.44. The Kier molecular flexibility index (Phi) is 5.16. The number of nitrogens with zero attached hydrogens (tertiary/aromatic N) is 2. The minimum Gasteiger partial charge on any atom is -0.383 e. The van der Waals surface area contributed by atoms with E-state index in [0.717, 1.165) is 18.4 Å². The second-order valence-corrected chi connectivity index (χ2v) is 6.37. The van der Waals surface area contributed by atoms with Crippen molar-refractivity contribution in [3.05, 3.63) is 35.9 Å². The van der Waals surface area contributed by atoms with Crippen LogP contribution in [0.25, 0.3) is 0 Å². The van der Waals surface area contributed by atoms with Crippen molar-refractivity contribution in [1.29, 1.82) is 0 Å². The minimum absolute atomic E-state index is 0.0325. The van der Waals surface area contributed by atoms with Gasteiger partial charge in [0.15, 0.2) is 6.10 Å². The van der Waals surface area contributed by atoms with Crippen LogP contribution in [0.5, 0.6) is 0 Å². The second-order valence-electron chi connectivity index (χ2n) is 6.37. The van der Waals surface area contributed by atoms with Crippen LogP contribution in [-0.4, -0.2) is 67.7 Å². The number of carbonyl (C=O) groups excluding carboxylic acids is 2. The topological polar surface area (TPSA) is 59.1 Å². The summed E-state index contributed by atoms with van der Waals surface area (Å²) in [6.45, 7) is 0.929. The van der Waals surface area contributed by atoms with E-state index in [-0.39, 0.29) is 30.5 Å². The van der Waals surface area contributed by atoms with Crippen molar-refractivity contribution < 1.29 is 19.1 Å². The van der Waals surface area contributed by atoms with Gasteiger partial charge in [0.1, 0.15) is 6.61 Å². The smallest absolute Gasteiger partial charge is 0.254 e. The number of benzene rings is 1. The monoisotopic (exact) mass is 332 g/mol. The summed E-state index contributed by atoms with van der Waals surface area (Å²) in [5, 5.41) is 0. The summed E-state index contributed by atoms with van der Waals surface area (Å²) in [7, 11) is 3.35. The molecule has 2 fully saturated rings. The summed E-state index contributed by atoms with van der Waals surface area (Å²) in [6, 6.07) is 9.56. The van der Waals surface area contributed by atoms with E-state index in [9.17, 15) is 9.59 Å². The first-order valence-electron chi connectivity index (χ1n) is 8.35. The number of hydrogen-bond acceptors (Lipinski definition) is 4. The molecule has 1 aromatic rings. The van der Waals surface area contributed by atoms with Crippen molar-refractivity contribution >= 4 is 11.8 Å². The molecule has 0 radical (unpaired) electrons. The molecule has 24 heavy (non-hydrogen) atoms. The maximum atomic E-state index is 12.9. The first kappa shape index (κ1) is 16.9. The van der Waals surface area contributed by atoms with Gasteiger partial charge in [0.2, 0.25) is 5.91 Å². The van der Waals surface area contributed by atoms with Gasteiger partial charge in [-0.2, -0.15) is 0 Å². The lowest BCUT2D eigenvalue weighted by Gasteiger charge is -2.41. The van der Waals surface area contributed by atoms with Gasteiger partial charge in [-0.1, -0.05) is 30.3 Å². The molecule has 0 unspecified atom stereocenters. The molecule has 0 bridgehead atoms. The van der Waals surface area contributed by atoms with Gasteiger partial charge in [-0.3, -0.25) is 9.59 Å². The van der Waals surface area contributed by atoms with Crippen LogP contribution in [0, 0.1) is 0 Å². The fourth-order valence-corrected chi connectivity index (χ4v) is 3.16. The molecule has 1 aromatic carbocycles. The van der Waals surface area contributed by atoms with Gasteiger partial charge >= 0.3 is 0 Å². The summed E-state index contributed by atoms with van der Waals surface area (Å²) in [6.07, 6.45) is 1.32. The largest absolute Gasteiger partial charge is 0.383 e. The standard InChI is InChI=1S/C18H24N2O4/c1-19(10-11-23-2)18(22)17-16(13-6-4-3-5-7-13)20(14-8-9-14)15(21)12-24-17/h3-7,14,16-17H,8-12H2,1-2H3/t16-,17+/m0/s1. The SMILES string of the molecule is COCCN(C)C(=O)[C@@H]1OCC(=O)N(C2CC2)[C@H]1c1ccccc1. The third-order valence-corrected chi connectivity index (χ3v) is 4.59. The van der Waals surface area contributed by atoms with Gasteiger partial charge in [0.05, 0.1) is 12.6 Å². The van der Waals surface area contributed by atoms with Crippen molar-refractivity contribution in [3.8, 4) is 0 Å². The zero-order chi connectivity index (χ0) is 17.1. The van der Waals surface area contributed by atoms with E-state index in [2.05, 4.69) is 0 Å². The first-order chi connectivity index (χ1) is 11.6. The van der Waals surface area contributed by atoms with E-state index >= 15 is 0 Å². The molecular formula is C18H24N2O4. The van der Waals surface area contributed by atoms with Gasteiger partial charge in [-0.15, -0.1) is 0 Å². The predicted octanol–water partition coefficient (Wildman–Crippen LogP) is 1.22. The molecule has 1 aliphatic heterocycles. The van der Waals surface area contributed by atoms with E-state index in [1.807, 2.05) is 35.2 Å². The summed E-state index contributed by atoms with van der Waals surface area (Å²) >= 11 is 0. The molecule has 6 heteroatoms. The molecule has 1 heterocycles. The minimum atomic E-state index is -0.674. The van der Waals surface area contributed by atoms with Gasteiger partial charge in [0.25, 0.3) is 5.91 Å². The van der Waals surface area contributed by atoms with Crippen LogP contribution in [0.15, 0.2) is 30.3 Å². The molecule has 1 saturated heterocycles. The van der Waals surface area contributed by atoms with E-state index in [1.165, 1.54) is 0 Å². The van der Waals surface area contributed by atoms with E-state index in [0.29, 0.717) is 13.2 Å². The number of ether oxygens (including phenoxy) is 2. The van der Waals surface area contributed by atoms with Gasteiger partial charge < -0.3 is 19.3 Å². The highest BCUT2D eigenvalue weighted by Crippen LogP contribution is 2.39. The van der Waals surface area contributed by atoms with Crippen molar-refractivity contribution in [1.82, 2.24) is 9.80 Å². The Labute approximate surface area is 142 Å². The Morgan fingerprint density at radius 1 is 1.33 bits per heavy atom. The normalized spacial score (nSPS) is 24.1. The van der Waals surface area contributed by atoms with Gasteiger partial charge in [-0.05, 0) is 18.4 Å². The van der Waals surface area contributed by atoms with Crippen LogP contribution in [0.3, 0.4) is 0 Å². The Hall–Kier alpha value is -1.92. The molecule has 0 spiro atoms. The summed E-state index contributed by atoms with van der Waals surface area (Å²) in [5.74, 6) is -0.144. The number of likely N-dealkylation sites (N-methyl/N-ethyl adjacent to an activating group) is 1. The van der Waals surface area contributed by atoms with E-state index in [1.54, 1.807) is 19.1 Å². The zero-order valence-electron chi connectivity index (χ0n) is 14.2. The van der Waals surface area contributed by atoms with Crippen LogP contribution >= 0.6 is 0 Å². The quantitative estimate of drug-likeness (QED) is 0.786. The number of amides is 2. The molecule has 6 nitrogen and oxygen atoms in total. The number of morpholine rings is 1. The second kappa shape index (κ2) is 7.32. The molecule has 2 amide bonds. The zero-order valence-corrected chi connectivity index (χ0v) is 14.2. The van der Waals surface area contributed by atoms with Crippen molar-refractivity contribution in [2.45, 2.75) is 31.0 Å². The average Bonchev–Trinajstić information content (AvgIpc) is 3.44. The lowest BCUT2D eigenvalue weighted by Crippen LogP contribution is -2.55. The van der Waals surface area contributed by atoms with Crippen LogP contribution in [-0.2, 0) is 19.1 Å². The summed E-state index contributed by atoms with van der Waals surface area (Å²) < 4.78 is 10.8. The van der Waals surface area contributed by atoms with Crippen LogP contribution in [0.1, 0.15) is 24.4 Å². The molecule has 1 aliphatic carbocycles. The predicted molar refractivity (Wildman–Crippen MR) is 88.3 cm³/mol. The lowest BCUT2D eigenvalue weighted by atomic mass is 9.96. The number of methoxy groups -OCH3 is 1. The van der Waals surface area contributed by atoms with E-state index < -0.39 is 6.10 Å². The lowest BCUT2D eigenvalue weighted by molar-refractivity contribution is -0.169. The van der Waals surface area contributed by atoms with E-state index in [4.69, 9.17) is 9.47 Å². The number of carbonyl (C=O) groups is 2. The molecular weight excluding hydrogens is 308 g/mol. The molecule has 0 aromatic heterocycles.